The molecule has 170 valence electrons. The highest BCUT2D eigenvalue weighted by molar-refractivity contribution is 7.89. The summed E-state index contributed by atoms with van der Waals surface area (Å²) in [5.41, 5.74) is 1.30. The first kappa shape index (κ1) is 22.5. The second-order valence-electron chi connectivity index (χ2n) is 7.71. The third-order valence-electron chi connectivity index (χ3n) is 5.65. The van der Waals surface area contributed by atoms with Crippen LogP contribution in [0.5, 0.6) is 5.75 Å². The van der Waals surface area contributed by atoms with Crippen LogP contribution in [0, 0.1) is 10.1 Å². The number of hydrogen-bond acceptors (Lipinski definition) is 6. The van der Waals surface area contributed by atoms with Gasteiger partial charge in [-0.25, -0.2) is 8.42 Å². The van der Waals surface area contributed by atoms with Crippen molar-refractivity contribution in [2.45, 2.75) is 30.6 Å². The fourth-order valence-corrected chi connectivity index (χ4v) is 5.81. The average molecular weight is 480 g/mol. The number of ether oxygens (including phenoxy) is 1. The van der Waals surface area contributed by atoms with E-state index >= 15 is 0 Å². The molecule has 1 amide bonds. The largest absolute Gasteiger partial charge is 0.482 e. The van der Waals surface area contributed by atoms with Gasteiger partial charge in [-0.05, 0) is 55.5 Å². The highest BCUT2D eigenvalue weighted by atomic mass is 35.5. The van der Waals surface area contributed by atoms with Gasteiger partial charge in [-0.1, -0.05) is 11.6 Å². The van der Waals surface area contributed by atoms with E-state index in [0.717, 1.165) is 18.4 Å². The zero-order valence-corrected chi connectivity index (χ0v) is 18.8. The predicted molar refractivity (Wildman–Crippen MR) is 119 cm³/mol. The van der Waals surface area contributed by atoms with Crippen molar-refractivity contribution in [3.63, 3.8) is 0 Å². The van der Waals surface area contributed by atoms with Crippen LogP contribution in [-0.4, -0.2) is 49.8 Å². The van der Waals surface area contributed by atoms with Crippen LogP contribution < -0.4 is 9.64 Å². The zero-order valence-electron chi connectivity index (χ0n) is 17.2. The third kappa shape index (κ3) is 4.43. The molecule has 0 atom stereocenters. The molecule has 0 N–H and O–H groups in total. The number of nitro benzene ring substituents is 1. The Morgan fingerprint density at radius 3 is 2.53 bits per heavy atom. The fourth-order valence-electron chi connectivity index (χ4n) is 4.01. The summed E-state index contributed by atoms with van der Waals surface area (Å²) in [5.74, 6) is -0.134. The van der Waals surface area contributed by atoms with Gasteiger partial charge in [-0.2, -0.15) is 4.31 Å². The Morgan fingerprint density at radius 1 is 1.09 bits per heavy atom. The van der Waals surface area contributed by atoms with Crippen molar-refractivity contribution in [3.05, 3.63) is 57.1 Å². The standard InChI is InChI=1S/C21H22ClN3O6S/c22-18-13-16(25(27)28)5-8-20(18)31-14-21(26)24-11-3-4-15-12-17(6-7-19(15)24)32(29,30)23-9-1-2-10-23/h5-8,12-13H,1-4,9-11,14H2. The monoisotopic (exact) mass is 479 g/mol. The van der Waals surface area contributed by atoms with E-state index in [0.29, 0.717) is 38.2 Å². The minimum absolute atomic E-state index is 0.0443. The highest BCUT2D eigenvalue weighted by Crippen LogP contribution is 2.32. The number of sulfonamides is 1. The van der Waals surface area contributed by atoms with Crippen LogP contribution in [0.3, 0.4) is 0 Å². The Morgan fingerprint density at radius 2 is 1.84 bits per heavy atom. The molecule has 2 heterocycles. The number of fused-ring (bicyclic) bond motifs is 1. The van der Waals surface area contributed by atoms with E-state index in [1.807, 2.05) is 0 Å². The number of nitro groups is 1. The summed E-state index contributed by atoms with van der Waals surface area (Å²) in [4.78, 5) is 24.9. The molecule has 2 aliphatic rings. The number of nitrogens with zero attached hydrogens (tertiary/aromatic N) is 3. The Hall–Kier alpha value is -2.69. The summed E-state index contributed by atoms with van der Waals surface area (Å²) in [6.45, 7) is 1.26. The first-order valence-corrected chi connectivity index (χ1v) is 12.1. The number of hydrogen-bond donors (Lipinski definition) is 0. The lowest BCUT2D eigenvalue weighted by Crippen LogP contribution is -2.38. The molecule has 2 aromatic carbocycles. The van der Waals surface area contributed by atoms with Crippen LogP contribution in [0.2, 0.25) is 5.02 Å². The van der Waals surface area contributed by atoms with Gasteiger partial charge in [0.05, 0.1) is 14.8 Å². The molecule has 0 aromatic heterocycles. The topological polar surface area (TPSA) is 110 Å². The van der Waals surface area contributed by atoms with Gasteiger partial charge in [-0.15, -0.1) is 0 Å². The molecule has 0 spiro atoms. The first-order chi connectivity index (χ1) is 15.3. The van der Waals surface area contributed by atoms with Crippen molar-refractivity contribution >= 4 is 38.9 Å². The molecule has 32 heavy (non-hydrogen) atoms. The number of amides is 1. The number of halogens is 1. The van der Waals surface area contributed by atoms with Gasteiger partial charge in [0.15, 0.2) is 6.61 Å². The Bertz CT molecular complexity index is 1160. The number of non-ortho nitro benzene ring substituents is 1. The minimum atomic E-state index is -3.53. The molecule has 9 nitrogen and oxygen atoms in total. The van der Waals surface area contributed by atoms with E-state index in [9.17, 15) is 23.3 Å². The second-order valence-corrected chi connectivity index (χ2v) is 10.1. The van der Waals surface area contributed by atoms with Crippen LogP contribution in [0.1, 0.15) is 24.8 Å². The number of aryl methyl sites for hydroxylation is 1. The van der Waals surface area contributed by atoms with Crippen LogP contribution in [-0.2, 0) is 21.2 Å². The summed E-state index contributed by atoms with van der Waals surface area (Å²) in [7, 11) is -3.53. The van der Waals surface area contributed by atoms with Crippen LogP contribution in [0.4, 0.5) is 11.4 Å². The summed E-state index contributed by atoms with van der Waals surface area (Å²) in [6.07, 6.45) is 3.11. The number of carbonyl (C=O) groups is 1. The van der Waals surface area contributed by atoms with Crippen molar-refractivity contribution in [2.75, 3.05) is 31.1 Å². The van der Waals surface area contributed by atoms with Crippen molar-refractivity contribution in [1.82, 2.24) is 4.31 Å². The van der Waals surface area contributed by atoms with Crippen molar-refractivity contribution in [3.8, 4) is 5.75 Å². The summed E-state index contributed by atoms with van der Waals surface area (Å²) < 4.78 is 32.7. The van der Waals surface area contributed by atoms with Gasteiger partial charge in [0, 0.05) is 37.5 Å². The Balaban J connectivity index is 1.49. The van der Waals surface area contributed by atoms with Crippen LogP contribution >= 0.6 is 11.6 Å². The maximum absolute atomic E-state index is 12.9. The molecule has 2 aliphatic heterocycles. The highest BCUT2D eigenvalue weighted by Gasteiger charge is 2.30. The first-order valence-electron chi connectivity index (χ1n) is 10.3. The summed E-state index contributed by atoms with van der Waals surface area (Å²) in [5, 5.41) is 10.9. The lowest BCUT2D eigenvalue weighted by molar-refractivity contribution is -0.384. The number of anilines is 1. The van der Waals surface area contributed by atoms with Gasteiger partial charge >= 0.3 is 0 Å². The molecule has 2 aromatic rings. The quantitative estimate of drug-likeness (QED) is 0.464. The van der Waals surface area contributed by atoms with E-state index in [1.54, 1.807) is 23.1 Å². The van der Waals surface area contributed by atoms with Crippen molar-refractivity contribution in [2.24, 2.45) is 0 Å². The molecular formula is C21H22ClN3O6S. The molecule has 1 fully saturated rings. The van der Waals surface area contributed by atoms with Crippen molar-refractivity contribution < 1.29 is 22.9 Å². The summed E-state index contributed by atoms with van der Waals surface area (Å²) in [6, 6.07) is 8.66. The maximum Gasteiger partial charge on any atom is 0.271 e. The van der Waals surface area contributed by atoms with E-state index in [2.05, 4.69) is 0 Å². The normalized spacial score (nSPS) is 16.6. The Labute approximate surface area is 190 Å². The molecule has 0 saturated carbocycles. The molecule has 0 bridgehead atoms. The van der Waals surface area contributed by atoms with Gasteiger partial charge in [-0.3, -0.25) is 14.9 Å². The van der Waals surface area contributed by atoms with E-state index in [-0.39, 0.29) is 33.9 Å². The van der Waals surface area contributed by atoms with Crippen LogP contribution in [0.15, 0.2) is 41.3 Å². The van der Waals surface area contributed by atoms with Gasteiger partial charge in [0.1, 0.15) is 5.75 Å². The fraction of sp³-hybridized carbons (Fsp3) is 0.381. The average Bonchev–Trinajstić information content (AvgIpc) is 3.33. The molecule has 4 rings (SSSR count). The van der Waals surface area contributed by atoms with Crippen molar-refractivity contribution in [1.29, 1.82) is 0 Å². The smallest absolute Gasteiger partial charge is 0.271 e. The molecular weight excluding hydrogens is 458 g/mol. The molecule has 0 aliphatic carbocycles. The molecule has 0 radical (unpaired) electrons. The number of benzene rings is 2. The van der Waals surface area contributed by atoms with E-state index in [1.165, 1.54) is 22.5 Å². The summed E-state index contributed by atoms with van der Waals surface area (Å²) >= 11 is 6.02. The van der Waals surface area contributed by atoms with Gasteiger partial charge in [0.2, 0.25) is 10.0 Å². The maximum atomic E-state index is 12.9. The molecule has 0 unspecified atom stereocenters. The minimum Gasteiger partial charge on any atom is -0.482 e. The van der Waals surface area contributed by atoms with Gasteiger partial charge < -0.3 is 9.64 Å². The Kier molecular flexibility index (Phi) is 6.36. The molecule has 1 saturated heterocycles. The predicted octanol–water partition coefficient (Wildman–Crippen LogP) is 3.39. The van der Waals surface area contributed by atoms with E-state index < -0.39 is 14.9 Å². The van der Waals surface area contributed by atoms with E-state index in [4.69, 9.17) is 16.3 Å². The number of rotatable bonds is 6. The SMILES string of the molecule is O=C(COc1ccc([N+](=O)[O-])cc1Cl)N1CCCc2cc(S(=O)(=O)N3CCCC3)ccc21. The van der Waals surface area contributed by atoms with Gasteiger partial charge in [0.25, 0.3) is 11.6 Å². The van der Waals surface area contributed by atoms with Crippen LogP contribution in [0.25, 0.3) is 0 Å². The second kappa shape index (κ2) is 9.05. The lowest BCUT2D eigenvalue weighted by Gasteiger charge is -2.30. The number of carbonyl (C=O) groups excluding carboxylic acids is 1. The zero-order chi connectivity index (χ0) is 22.9. The third-order valence-corrected chi connectivity index (χ3v) is 7.84. The molecule has 11 heteroatoms. The lowest BCUT2D eigenvalue weighted by atomic mass is 10.0.